The van der Waals surface area contributed by atoms with E-state index in [4.69, 9.17) is 15.9 Å². The molecule has 0 aliphatic carbocycles. The number of thiazole rings is 1. The summed E-state index contributed by atoms with van der Waals surface area (Å²) >= 11 is 1.15. The average Bonchev–Trinajstić information content (AvgIpc) is 2.99. The number of ether oxygens (including phenoxy) is 2. The monoisotopic (exact) mass is 388 g/mol. The topological polar surface area (TPSA) is 52.8 Å². The Balaban J connectivity index is 2.27. The van der Waals surface area contributed by atoms with Crippen LogP contribution >= 0.6 is 11.3 Å². The van der Waals surface area contributed by atoms with E-state index in [0.717, 1.165) is 23.5 Å². The van der Waals surface area contributed by atoms with Crippen molar-refractivity contribution in [3.63, 3.8) is 0 Å². The van der Waals surface area contributed by atoms with Crippen molar-refractivity contribution in [2.75, 3.05) is 14.2 Å². The van der Waals surface area contributed by atoms with Crippen LogP contribution in [0.25, 0.3) is 10.2 Å². The molecule has 3 rings (SSSR count). The van der Waals surface area contributed by atoms with Crippen LogP contribution in [0, 0.1) is 24.0 Å². The number of aromatic nitrogens is 1. The molecule has 1 aromatic heterocycles. The van der Waals surface area contributed by atoms with Crippen molar-refractivity contribution in [3.8, 4) is 23.8 Å². The van der Waals surface area contributed by atoms with Crippen LogP contribution in [0.1, 0.15) is 10.4 Å². The summed E-state index contributed by atoms with van der Waals surface area (Å²) in [6.45, 7) is 0.113. The molecule has 0 aliphatic rings. The molecule has 2 aromatic carbocycles. The van der Waals surface area contributed by atoms with Gasteiger partial charge in [-0.25, -0.2) is 8.78 Å². The number of methoxy groups -OCH3 is 2. The van der Waals surface area contributed by atoms with Gasteiger partial charge in [0.25, 0.3) is 5.91 Å². The van der Waals surface area contributed by atoms with Crippen molar-refractivity contribution < 1.29 is 23.0 Å². The molecule has 5 nitrogen and oxygen atoms in total. The molecule has 27 heavy (non-hydrogen) atoms. The van der Waals surface area contributed by atoms with Crippen molar-refractivity contribution in [2.24, 2.45) is 4.99 Å². The SMILES string of the molecule is C#CCn1c(=NC(=O)c2ccc(F)cc2F)sc2c(OC)ccc(OC)c21. The zero-order chi connectivity index (χ0) is 19.6. The van der Waals surface area contributed by atoms with Crippen molar-refractivity contribution in [2.45, 2.75) is 6.54 Å². The summed E-state index contributed by atoms with van der Waals surface area (Å²) in [5.74, 6) is 0.985. The summed E-state index contributed by atoms with van der Waals surface area (Å²) in [7, 11) is 3.03. The average molecular weight is 388 g/mol. The maximum absolute atomic E-state index is 13.9. The number of terminal acetylenes is 1. The number of rotatable bonds is 4. The first-order valence-corrected chi connectivity index (χ1v) is 8.53. The normalized spacial score (nSPS) is 11.4. The number of benzene rings is 2. The fourth-order valence-corrected chi connectivity index (χ4v) is 3.72. The Labute approximate surface area is 157 Å². The van der Waals surface area contributed by atoms with E-state index in [0.29, 0.717) is 27.8 Å². The predicted octanol–water partition coefficient (Wildman–Crippen LogP) is 3.37. The first-order chi connectivity index (χ1) is 13.0. The van der Waals surface area contributed by atoms with E-state index in [-0.39, 0.29) is 16.9 Å². The van der Waals surface area contributed by atoms with Crippen LogP contribution in [0.2, 0.25) is 0 Å². The number of fused-ring (bicyclic) bond motifs is 1. The smallest absolute Gasteiger partial charge is 0.282 e. The summed E-state index contributed by atoms with van der Waals surface area (Å²) in [4.78, 5) is 16.7. The fraction of sp³-hybridized carbons (Fsp3) is 0.158. The summed E-state index contributed by atoms with van der Waals surface area (Å²) in [5, 5.41) is 0. The van der Waals surface area contributed by atoms with Crippen LogP contribution in [0.3, 0.4) is 0 Å². The van der Waals surface area contributed by atoms with Crippen molar-refractivity contribution >= 4 is 27.5 Å². The number of nitrogens with zero attached hydrogens (tertiary/aromatic N) is 2. The highest BCUT2D eigenvalue weighted by atomic mass is 32.1. The number of halogens is 2. The second-order valence-electron chi connectivity index (χ2n) is 5.36. The summed E-state index contributed by atoms with van der Waals surface area (Å²) in [6.07, 6.45) is 5.46. The Hall–Kier alpha value is -3.18. The second kappa shape index (κ2) is 7.60. The van der Waals surface area contributed by atoms with Gasteiger partial charge in [0.2, 0.25) is 0 Å². The van der Waals surface area contributed by atoms with Gasteiger partial charge in [-0.3, -0.25) is 4.79 Å². The lowest BCUT2D eigenvalue weighted by Crippen LogP contribution is -2.17. The van der Waals surface area contributed by atoms with E-state index in [1.807, 2.05) is 0 Å². The van der Waals surface area contributed by atoms with E-state index in [1.165, 1.54) is 14.2 Å². The highest BCUT2D eigenvalue weighted by Crippen LogP contribution is 2.35. The molecule has 3 aromatic rings. The van der Waals surface area contributed by atoms with Gasteiger partial charge in [-0.2, -0.15) is 4.99 Å². The highest BCUT2D eigenvalue weighted by Gasteiger charge is 2.17. The molecule has 0 saturated carbocycles. The van der Waals surface area contributed by atoms with Gasteiger partial charge in [0.15, 0.2) is 4.80 Å². The first-order valence-electron chi connectivity index (χ1n) is 7.72. The van der Waals surface area contributed by atoms with Crippen LogP contribution in [0.4, 0.5) is 8.78 Å². The van der Waals surface area contributed by atoms with Gasteiger partial charge in [0, 0.05) is 6.07 Å². The molecule has 1 heterocycles. The van der Waals surface area contributed by atoms with Crippen molar-refractivity contribution in [1.82, 2.24) is 4.57 Å². The minimum atomic E-state index is -0.983. The third-order valence-electron chi connectivity index (χ3n) is 3.80. The first kappa shape index (κ1) is 18.6. The van der Waals surface area contributed by atoms with Gasteiger partial charge in [-0.05, 0) is 24.3 Å². The molecular formula is C19H14F2N2O3S. The van der Waals surface area contributed by atoms with Gasteiger partial charge >= 0.3 is 0 Å². The summed E-state index contributed by atoms with van der Waals surface area (Å²) in [6, 6.07) is 6.12. The lowest BCUT2D eigenvalue weighted by Gasteiger charge is -2.08. The van der Waals surface area contributed by atoms with Gasteiger partial charge in [-0.1, -0.05) is 17.3 Å². The molecule has 0 bridgehead atoms. The van der Waals surface area contributed by atoms with Crippen LogP contribution in [-0.4, -0.2) is 24.7 Å². The Bertz CT molecular complexity index is 1140. The molecule has 0 unspecified atom stereocenters. The van der Waals surface area contributed by atoms with Gasteiger partial charge in [0.05, 0.1) is 26.3 Å². The minimum absolute atomic E-state index is 0.113. The number of amides is 1. The Morgan fingerprint density at radius 1 is 1.22 bits per heavy atom. The summed E-state index contributed by atoms with van der Waals surface area (Å²) < 4.78 is 40.0. The molecule has 0 N–H and O–H groups in total. The molecule has 0 aliphatic heterocycles. The molecule has 0 atom stereocenters. The maximum atomic E-state index is 13.9. The number of hydrogen-bond acceptors (Lipinski definition) is 4. The molecule has 0 fully saturated rings. The third kappa shape index (κ3) is 3.41. The minimum Gasteiger partial charge on any atom is -0.495 e. The van der Waals surface area contributed by atoms with E-state index in [1.54, 1.807) is 16.7 Å². The van der Waals surface area contributed by atoms with E-state index in [9.17, 15) is 13.6 Å². The van der Waals surface area contributed by atoms with Crippen LogP contribution < -0.4 is 14.3 Å². The maximum Gasteiger partial charge on any atom is 0.282 e. The molecule has 1 amide bonds. The lowest BCUT2D eigenvalue weighted by atomic mass is 10.2. The van der Waals surface area contributed by atoms with Gasteiger partial charge in [-0.15, -0.1) is 6.42 Å². The van der Waals surface area contributed by atoms with Gasteiger partial charge < -0.3 is 14.0 Å². The zero-order valence-corrected chi connectivity index (χ0v) is 15.3. The van der Waals surface area contributed by atoms with Crippen LogP contribution in [0.15, 0.2) is 35.3 Å². The number of hydrogen-bond donors (Lipinski definition) is 0. The third-order valence-corrected chi connectivity index (χ3v) is 4.89. The van der Waals surface area contributed by atoms with Crippen LogP contribution in [-0.2, 0) is 6.54 Å². The van der Waals surface area contributed by atoms with Gasteiger partial charge in [0.1, 0.15) is 33.4 Å². The molecule has 8 heteroatoms. The van der Waals surface area contributed by atoms with Crippen LogP contribution in [0.5, 0.6) is 11.5 Å². The molecule has 0 saturated heterocycles. The Morgan fingerprint density at radius 3 is 2.56 bits per heavy atom. The molecule has 0 radical (unpaired) electrons. The second-order valence-corrected chi connectivity index (χ2v) is 6.34. The summed E-state index contributed by atoms with van der Waals surface area (Å²) in [5.41, 5.74) is 0.283. The predicted molar refractivity (Wildman–Crippen MR) is 98.0 cm³/mol. The Morgan fingerprint density at radius 2 is 1.93 bits per heavy atom. The highest BCUT2D eigenvalue weighted by molar-refractivity contribution is 7.16. The van der Waals surface area contributed by atoms with E-state index < -0.39 is 17.5 Å². The Kier molecular flexibility index (Phi) is 5.23. The van der Waals surface area contributed by atoms with E-state index in [2.05, 4.69) is 10.9 Å². The molecule has 0 spiro atoms. The lowest BCUT2D eigenvalue weighted by molar-refractivity contribution is 0.0994. The molecular weight excluding hydrogens is 374 g/mol. The van der Waals surface area contributed by atoms with E-state index >= 15 is 0 Å². The molecule has 138 valence electrons. The largest absolute Gasteiger partial charge is 0.495 e. The zero-order valence-electron chi connectivity index (χ0n) is 14.5. The fourth-order valence-electron chi connectivity index (χ4n) is 2.59. The number of carbonyl (C=O) groups excluding carboxylic acids is 1. The number of carbonyl (C=O) groups is 1. The van der Waals surface area contributed by atoms with Crippen molar-refractivity contribution in [3.05, 3.63) is 52.3 Å². The quantitative estimate of drug-likeness (QED) is 0.644. The van der Waals surface area contributed by atoms with Crippen molar-refractivity contribution in [1.29, 1.82) is 0 Å². The standard InChI is InChI=1S/C19H14F2N2O3S/c1-4-9-23-16-14(25-2)7-8-15(26-3)17(16)27-19(23)22-18(24)12-6-5-11(20)10-13(12)21/h1,5-8,10H,9H2,2-3H3.